The van der Waals surface area contributed by atoms with E-state index in [0.717, 1.165) is 12.0 Å². The summed E-state index contributed by atoms with van der Waals surface area (Å²) >= 11 is 0. The van der Waals surface area contributed by atoms with Gasteiger partial charge in [-0.15, -0.1) is 0 Å². The van der Waals surface area contributed by atoms with Crippen LogP contribution in [0.2, 0.25) is 0 Å². The van der Waals surface area contributed by atoms with Gasteiger partial charge in [-0.2, -0.15) is 0 Å². The molecule has 1 heterocycles. The highest BCUT2D eigenvalue weighted by Gasteiger charge is 2.21. The maximum Gasteiger partial charge on any atom is 0.128 e. The molecule has 0 aliphatic heterocycles. The van der Waals surface area contributed by atoms with Crippen molar-refractivity contribution in [2.75, 3.05) is 0 Å². The summed E-state index contributed by atoms with van der Waals surface area (Å²) in [4.78, 5) is 0. The van der Waals surface area contributed by atoms with Crippen molar-refractivity contribution in [2.45, 2.75) is 33.2 Å². The van der Waals surface area contributed by atoms with Gasteiger partial charge in [-0.1, -0.05) is 32.3 Å². The van der Waals surface area contributed by atoms with Gasteiger partial charge in [0, 0.05) is 11.6 Å². The maximum atomic E-state index is 6.10. The number of rotatable bonds is 4. The number of aromatic nitrogens is 1. The lowest BCUT2D eigenvalue weighted by Crippen LogP contribution is -2.24. The van der Waals surface area contributed by atoms with Gasteiger partial charge < -0.3 is 10.3 Å². The Morgan fingerprint density at radius 2 is 2.23 bits per heavy atom. The van der Waals surface area contributed by atoms with Crippen LogP contribution in [0.25, 0.3) is 0 Å². The standard InChI is InChI=1S/C10H18N2O/c1-4-9(7(2)3)10(11)8-5-12-13-6-8/h5-7,9-10H,4,11H2,1-3H3. The molecular weight excluding hydrogens is 164 g/mol. The van der Waals surface area contributed by atoms with Crippen LogP contribution in [0.1, 0.15) is 38.8 Å². The minimum Gasteiger partial charge on any atom is -0.364 e. The van der Waals surface area contributed by atoms with Crippen LogP contribution in [0.4, 0.5) is 0 Å². The summed E-state index contributed by atoms with van der Waals surface area (Å²) in [6, 6.07) is 0.0521. The fourth-order valence-electron chi connectivity index (χ4n) is 1.76. The SMILES string of the molecule is CCC(C(C)C)C(N)c1cnoc1. The van der Waals surface area contributed by atoms with Crippen LogP contribution in [0.15, 0.2) is 17.0 Å². The van der Waals surface area contributed by atoms with Gasteiger partial charge >= 0.3 is 0 Å². The van der Waals surface area contributed by atoms with Crippen molar-refractivity contribution >= 4 is 0 Å². The zero-order valence-corrected chi connectivity index (χ0v) is 8.53. The van der Waals surface area contributed by atoms with Crippen molar-refractivity contribution in [1.82, 2.24) is 5.16 Å². The Morgan fingerprint density at radius 1 is 1.54 bits per heavy atom. The lowest BCUT2D eigenvalue weighted by atomic mass is 9.84. The average Bonchev–Trinajstić information content (AvgIpc) is 2.56. The van der Waals surface area contributed by atoms with E-state index in [2.05, 4.69) is 25.9 Å². The molecule has 0 aromatic carbocycles. The van der Waals surface area contributed by atoms with Crippen molar-refractivity contribution in [3.63, 3.8) is 0 Å². The topological polar surface area (TPSA) is 52.0 Å². The fraction of sp³-hybridized carbons (Fsp3) is 0.700. The highest BCUT2D eigenvalue weighted by molar-refractivity contribution is 5.08. The second-order valence-corrected chi connectivity index (χ2v) is 3.80. The molecule has 0 saturated heterocycles. The van der Waals surface area contributed by atoms with Crippen LogP contribution in [-0.4, -0.2) is 5.16 Å². The molecule has 1 rings (SSSR count). The fourth-order valence-corrected chi connectivity index (χ4v) is 1.76. The van der Waals surface area contributed by atoms with E-state index in [1.807, 2.05) is 0 Å². The molecule has 0 bridgehead atoms. The molecule has 0 aliphatic carbocycles. The van der Waals surface area contributed by atoms with Crippen LogP contribution in [0.5, 0.6) is 0 Å². The van der Waals surface area contributed by atoms with Crippen molar-refractivity contribution in [3.05, 3.63) is 18.0 Å². The van der Waals surface area contributed by atoms with Crippen LogP contribution < -0.4 is 5.73 Å². The normalized spacial score (nSPS) is 16.1. The third-order valence-corrected chi connectivity index (χ3v) is 2.63. The molecule has 1 aromatic rings. The Labute approximate surface area is 79.3 Å². The molecule has 3 heteroatoms. The third-order valence-electron chi connectivity index (χ3n) is 2.63. The Kier molecular flexibility index (Phi) is 3.48. The summed E-state index contributed by atoms with van der Waals surface area (Å²) < 4.78 is 4.78. The first kappa shape index (κ1) is 10.3. The third kappa shape index (κ3) is 2.31. The van der Waals surface area contributed by atoms with Gasteiger partial charge in [-0.3, -0.25) is 0 Å². The van der Waals surface area contributed by atoms with E-state index in [1.54, 1.807) is 12.5 Å². The van der Waals surface area contributed by atoms with E-state index >= 15 is 0 Å². The zero-order valence-electron chi connectivity index (χ0n) is 8.53. The van der Waals surface area contributed by atoms with E-state index in [0.29, 0.717) is 11.8 Å². The van der Waals surface area contributed by atoms with Crippen molar-refractivity contribution in [3.8, 4) is 0 Å². The molecule has 0 saturated carbocycles. The molecule has 0 spiro atoms. The number of hydrogen-bond donors (Lipinski definition) is 1. The summed E-state index contributed by atoms with van der Waals surface area (Å²) in [5, 5.41) is 3.66. The smallest absolute Gasteiger partial charge is 0.128 e. The predicted octanol–water partition coefficient (Wildman–Crippen LogP) is 2.36. The van der Waals surface area contributed by atoms with E-state index in [-0.39, 0.29) is 6.04 Å². The van der Waals surface area contributed by atoms with E-state index < -0.39 is 0 Å². The molecule has 2 N–H and O–H groups in total. The number of nitrogens with zero attached hydrogens (tertiary/aromatic N) is 1. The van der Waals surface area contributed by atoms with E-state index in [4.69, 9.17) is 10.3 Å². The number of hydrogen-bond acceptors (Lipinski definition) is 3. The van der Waals surface area contributed by atoms with Crippen molar-refractivity contribution < 1.29 is 4.52 Å². The van der Waals surface area contributed by atoms with Crippen molar-refractivity contribution in [1.29, 1.82) is 0 Å². The van der Waals surface area contributed by atoms with E-state index in [9.17, 15) is 0 Å². The summed E-state index contributed by atoms with van der Waals surface area (Å²) in [6.45, 7) is 6.56. The molecule has 13 heavy (non-hydrogen) atoms. The second-order valence-electron chi connectivity index (χ2n) is 3.80. The molecule has 2 unspecified atom stereocenters. The molecule has 74 valence electrons. The van der Waals surface area contributed by atoms with Crippen LogP contribution in [0.3, 0.4) is 0 Å². The van der Waals surface area contributed by atoms with E-state index in [1.165, 1.54) is 0 Å². The molecule has 0 aliphatic rings. The average molecular weight is 182 g/mol. The highest BCUT2D eigenvalue weighted by Crippen LogP contribution is 2.28. The van der Waals surface area contributed by atoms with Crippen LogP contribution in [0, 0.1) is 11.8 Å². The summed E-state index contributed by atoms with van der Waals surface area (Å²) in [7, 11) is 0. The lowest BCUT2D eigenvalue weighted by Gasteiger charge is -2.24. The Bertz CT molecular complexity index is 231. The Balaban J connectivity index is 2.70. The summed E-state index contributed by atoms with van der Waals surface area (Å²) in [5.74, 6) is 1.09. The van der Waals surface area contributed by atoms with Gasteiger partial charge in [-0.05, 0) is 11.8 Å². The van der Waals surface area contributed by atoms with Crippen LogP contribution in [-0.2, 0) is 0 Å². The van der Waals surface area contributed by atoms with Gasteiger partial charge in [0.25, 0.3) is 0 Å². The minimum atomic E-state index is 0.0521. The minimum absolute atomic E-state index is 0.0521. The van der Waals surface area contributed by atoms with Crippen LogP contribution >= 0.6 is 0 Å². The Morgan fingerprint density at radius 3 is 2.62 bits per heavy atom. The molecular formula is C10H18N2O. The first-order valence-electron chi connectivity index (χ1n) is 4.81. The van der Waals surface area contributed by atoms with Gasteiger partial charge in [-0.25, -0.2) is 0 Å². The second kappa shape index (κ2) is 4.42. The molecule has 0 radical (unpaired) electrons. The van der Waals surface area contributed by atoms with Gasteiger partial charge in [0.15, 0.2) is 0 Å². The lowest BCUT2D eigenvalue weighted by molar-refractivity contribution is 0.311. The monoisotopic (exact) mass is 182 g/mol. The molecule has 0 fully saturated rings. The highest BCUT2D eigenvalue weighted by atomic mass is 16.5. The first-order valence-corrected chi connectivity index (χ1v) is 4.81. The number of nitrogens with two attached hydrogens (primary N) is 1. The predicted molar refractivity (Wildman–Crippen MR) is 52.1 cm³/mol. The van der Waals surface area contributed by atoms with Crippen molar-refractivity contribution in [2.24, 2.45) is 17.6 Å². The van der Waals surface area contributed by atoms with Gasteiger partial charge in [0.05, 0.1) is 6.20 Å². The Hall–Kier alpha value is -0.830. The molecule has 3 nitrogen and oxygen atoms in total. The largest absolute Gasteiger partial charge is 0.364 e. The summed E-state index contributed by atoms with van der Waals surface area (Å²) in [6.07, 6.45) is 4.43. The molecule has 2 atom stereocenters. The van der Waals surface area contributed by atoms with Gasteiger partial charge in [0.2, 0.25) is 0 Å². The maximum absolute atomic E-state index is 6.10. The molecule has 0 amide bonds. The van der Waals surface area contributed by atoms with Gasteiger partial charge in [0.1, 0.15) is 6.26 Å². The zero-order chi connectivity index (χ0) is 9.84. The first-order chi connectivity index (χ1) is 6.16. The summed E-state index contributed by atoms with van der Waals surface area (Å²) in [5.41, 5.74) is 7.10. The molecule has 1 aromatic heterocycles. The quantitative estimate of drug-likeness (QED) is 0.777.